The van der Waals surface area contributed by atoms with Crippen molar-refractivity contribution in [2.45, 2.75) is 33.6 Å². The second-order valence-corrected chi connectivity index (χ2v) is 5.56. The number of thiazole rings is 1. The van der Waals surface area contributed by atoms with Crippen LogP contribution in [0.2, 0.25) is 0 Å². The normalized spacial score (nSPS) is 10.6. The van der Waals surface area contributed by atoms with Gasteiger partial charge in [0.25, 0.3) is 0 Å². The molecule has 2 rings (SSSR count). The predicted molar refractivity (Wildman–Crippen MR) is 82.7 cm³/mol. The van der Waals surface area contributed by atoms with Gasteiger partial charge in [-0.25, -0.2) is 4.98 Å². The summed E-state index contributed by atoms with van der Waals surface area (Å²) in [5, 5.41) is 0.904. The van der Waals surface area contributed by atoms with Gasteiger partial charge in [0.05, 0.1) is 17.2 Å². The lowest BCUT2D eigenvalue weighted by Crippen LogP contribution is -1.95. The maximum absolute atomic E-state index is 11.7. The fraction of sp³-hybridized carbons (Fsp3) is 0.375. The van der Waals surface area contributed by atoms with Crippen molar-refractivity contribution in [2.24, 2.45) is 0 Å². The molecule has 0 amide bonds. The Morgan fingerprint density at radius 1 is 1.25 bits per heavy atom. The number of ketones is 1. The number of ether oxygens (including phenoxy) is 1. The zero-order valence-electron chi connectivity index (χ0n) is 12.1. The molecule has 0 saturated carbocycles. The zero-order chi connectivity index (χ0) is 14.5. The first-order valence-electron chi connectivity index (χ1n) is 6.89. The molecule has 106 valence electrons. The van der Waals surface area contributed by atoms with Crippen LogP contribution in [-0.4, -0.2) is 17.4 Å². The molecule has 0 radical (unpaired) electrons. The number of carbonyl (C=O) groups excluding carboxylic acids is 1. The number of hydrogen-bond acceptors (Lipinski definition) is 4. The van der Waals surface area contributed by atoms with Crippen LogP contribution in [0.5, 0.6) is 5.75 Å². The first kappa shape index (κ1) is 14.7. The van der Waals surface area contributed by atoms with Gasteiger partial charge >= 0.3 is 0 Å². The van der Waals surface area contributed by atoms with Crippen molar-refractivity contribution in [3.8, 4) is 16.3 Å². The SMILES string of the molecule is CCCc1nc(-c2ccc(OCC)cc2)sc1C(C)=O. The fourth-order valence-corrected chi connectivity index (χ4v) is 3.03. The van der Waals surface area contributed by atoms with Crippen LogP contribution in [0.15, 0.2) is 24.3 Å². The van der Waals surface area contributed by atoms with E-state index in [1.807, 2.05) is 31.2 Å². The summed E-state index contributed by atoms with van der Waals surface area (Å²) >= 11 is 1.48. The summed E-state index contributed by atoms with van der Waals surface area (Å²) in [6.45, 7) is 6.32. The van der Waals surface area contributed by atoms with E-state index >= 15 is 0 Å². The summed E-state index contributed by atoms with van der Waals surface area (Å²) in [5.41, 5.74) is 1.96. The summed E-state index contributed by atoms with van der Waals surface area (Å²) < 4.78 is 5.43. The van der Waals surface area contributed by atoms with Crippen LogP contribution in [0.3, 0.4) is 0 Å². The summed E-state index contributed by atoms with van der Waals surface area (Å²) in [5.74, 6) is 0.955. The Bertz CT molecular complexity index is 587. The molecule has 0 fully saturated rings. The van der Waals surface area contributed by atoms with E-state index in [-0.39, 0.29) is 5.78 Å². The summed E-state index contributed by atoms with van der Waals surface area (Å²) in [6.07, 6.45) is 1.84. The van der Waals surface area contributed by atoms with Gasteiger partial charge < -0.3 is 4.74 Å². The van der Waals surface area contributed by atoms with E-state index in [0.29, 0.717) is 6.61 Å². The van der Waals surface area contributed by atoms with Crippen molar-refractivity contribution in [1.82, 2.24) is 4.98 Å². The highest BCUT2D eigenvalue weighted by Gasteiger charge is 2.15. The van der Waals surface area contributed by atoms with Crippen molar-refractivity contribution in [1.29, 1.82) is 0 Å². The van der Waals surface area contributed by atoms with Gasteiger partial charge in [-0.1, -0.05) is 13.3 Å². The number of rotatable bonds is 6. The zero-order valence-corrected chi connectivity index (χ0v) is 12.9. The standard InChI is InChI=1S/C16H19NO2S/c1-4-6-14-15(11(3)18)20-16(17-14)12-7-9-13(10-8-12)19-5-2/h7-10H,4-6H2,1-3H3. The first-order chi connectivity index (χ1) is 9.65. The molecule has 4 heteroatoms. The Hall–Kier alpha value is -1.68. The highest BCUT2D eigenvalue weighted by atomic mass is 32.1. The van der Waals surface area contributed by atoms with Crippen LogP contribution < -0.4 is 4.74 Å². The van der Waals surface area contributed by atoms with Crippen molar-refractivity contribution in [3.63, 3.8) is 0 Å². The molecule has 1 aromatic carbocycles. The van der Waals surface area contributed by atoms with Gasteiger partial charge in [-0.15, -0.1) is 11.3 Å². The Kier molecular flexibility index (Phi) is 4.90. The predicted octanol–water partition coefficient (Wildman–Crippen LogP) is 4.36. The molecule has 1 aromatic heterocycles. The molecule has 0 bridgehead atoms. The molecule has 0 saturated heterocycles. The van der Waals surface area contributed by atoms with Gasteiger partial charge in [-0.2, -0.15) is 0 Å². The third-order valence-electron chi connectivity index (χ3n) is 2.92. The van der Waals surface area contributed by atoms with E-state index in [2.05, 4.69) is 11.9 Å². The van der Waals surface area contributed by atoms with Crippen molar-refractivity contribution < 1.29 is 9.53 Å². The largest absolute Gasteiger partial charge is 0.494 e. The van der Waals surface area contributed by atoms with E-state index in [1.165, 1.54) is 11.3 Å². The third kappa shape index (κ3) is 3.25. The summed E-state index contributed by atoms with van der Waals surface area (Å²) in [7, 11) is 0. The summed E-state index contributed by atoms with van der Waals surface area (Å²) in [4.78, 5) is 17.1. The van der Waals surface area contributed by atoms with Crippen LogP contribution in [0, 0.1) is 0 Å². The van der Waals surface area contributed by atoms with Crippen molar-refractivity contribution >= 4 is 17.1 Å². The molecule has 0 aliphatic heterocycles. The number of hydrogen-bond donors (Lipinski definition) is 0. The Morgan fingerprint density at radius 2 is 1.95 bits per heavy atom. The molecule has 0 unspecified atom stereocenters. The molecule has 20 heavy (non-hydrogen) atoms. The van der Waals surface area contributed by atoms with Crippen molar-refractivity contribution in [3.05, 3.63) is 34.8 Å². The second-order valence-electron chi connectivity index (χ2n) is 4.56. The summed E-state index contributed by atoms with van der Waals surface area (Å²) in [6, 6.07) is 7.85. The smallest absolute Gasteiger partial charge is 0.171 e. The van der Waals surface area contributed by atoms with Gasteiger partial charge in [0.2, 0.25) is 0 Å². The molecule has 3 nitrogen and oxygen atoms in total. The average molecular weight is 289 g/mol. The molecular weight excluding hydrogens is 270 g/mol. The van der Waals surface area contributed by atoms with Gasteiger partial charge in [-0.3, -0.25) is 4.79 Å². The number of Topliss-reactive ketones (excluding diaryl/α,β-unsaturated/α-hetero) is 1. The van der Waals surface area contributed by atoms with Gasteiger partial charge in [0.15, 0.2) is 5.78 Å². The van der Waals surface area contributed by atoms with E-state index in [0.717, 1.165) is 39.7 Å². The molecule has 0 atom stereocenters. The maximum atomic E-state index is 11.7. The van der Waals surface area contributed by atoms with Crippen molar-refractivity contribution in [2.75, 3.05) is 6.61 Å². The first-order valence-corrected chi connectivity index (χ1v) is 7.71. The van der Waals surface area contributed by atoms with Crippen LogP contribution in [0.25, 0.3) is 10.6 Å². The third-order valence-corrected chi connectivity index (χ3v) is 4.16. The number of benzene rings is 1. The maximum Gasteiger partial charge on any atom is 0.171 e. The molecular formula is C16H19NO2S. The minimum atomic E-state index is 0.100. The lowest BCUT2D eigenvalue weighted by atomic mass is 10.2. The fourth-order valence-electron chi connectivity index (χ4n) is 2.02. The average Bonchev–Trinajstić information content (AvgIpc) is 2.85. The molecule has 0 spiro atoms. The van der Waals surface area contributed by atoms with Crippen LogP contribution in [0.1, 0.15) is 42.6 Å². The van der Waals surface area contributed by atoms with Crippen LogP contribution in [0.4, 0.5) is 0 Å². The van der Waals surface area contributed by atoms with E-state index < -0.39 is 0 Å². The Morgan fingerprint density at radius 3 is 2.50 bits per heavy atom. The molecule has 0 aliphatic carbocycles. The van der Waals surface area contributed by atoms with Crippen LogP contribution in [-0.2, 0) is 6.42 Å². The monoisotopic (exact) mass is 289 g/mol. The lowest BCUT2D eigenvalue weighted by Gasteiger charge is -2.02. The van der Waals surface area contributed by atoms with E-state index in [4.69, 9.17) is 4.74 Å². The molecule has 0 N–H and O–H groups in total. The lowest BCUT2D eigenvalue weighted by molar-refractivity contribution is 0.102. The number of carbonyl (C=O) groups is 1. The second kappa shape index (κ2) is 6.66. The Labute approximate surface area is 123 Å². The molecule has 1 heterocycles. The van der Waals surface area contributed by atoms with Gasteiger partial charge in [-0.05, 0) is 37.6 Å². The minimum Gasteiger partial charge on any atom is -0.494 e. The topological polar surface area (TPSA) is 39.2 Å². The van der Waals surface area contributed by atoms with E-state index in [9.17, 15) is 4.79 Å². The highest BCUT2D eigenvalue weighted by Crippen LogP contribution is 2.30. The number of nitrogens with zero attached hydrogens (tertiary/aromatic N) is 1. The van der Waals surface area contributed by atoms with Gasteiger partial charge in [0.1, 0.15) is 10.8 Å². The minimum absolute atomic E-state index is 0.100. The van der Waals surface area contributed by atoms with Gasteiger partial charge in [0, 0.05) is 12.5 Å². The van der Waals surface area contributed by atoms with E-state index in [1.54, 1.807) is 6.92 Å². The number of aromatic nitrogens is 1. The Balaban J connectivity index is 2.32. The van der Waals surface area contributed by atoms with Crippen LogP contribution >= 0.6 is 11.3 Å². The molecule has 2 aromatic rings. The number of aryl methyl sites for hydroxylation is 1. The quantitative estimate of drug-likeness (QED) is 0.741. The highest BCUT2D eigenvalue weighted by molar-refractivity contribution is 7.17. The molecule has 0 aliphatic rings.